The summed E-state index contributed by atoms with van der Waals surface area (Å²) in [6.45, 7) is 4.38. The van der Waals surface area contributed by atoms with Gasteiger partial charge in [-0.2, -0.15) is 13.2 Å². The lowest BCUT2D eigenvalue weighted by Crippen LogP contribution is -2.38. The number of carbonyl (C=O) groups is 3. The Morgan fingerprint density at radius 2 is 1.32 bits per heavy atom. The molecule has 0 bridgehead atoms. The number of alkyl halides is 3. The number of pyridine rings is 2. The number of Topliss-reactive ketones (excluding diaryl/α,β-unsaturated/α-hetero) is 1. The first-order chi connectivity index (χ1) is 53.7. The number of nitrogen functional groups attached to an aromatic ring is 1. The fourth-order valence-corrected chi connectivity index (χ4v) is 17.7. The number of hydrogen-bond donors (Lipinski definition) is 3. The Bertz CT molecular complexity index is 5530. The Hall–Kier alpha value is -10.7. The molecule has 4 N–H and O–H groups in total. The van der Waals surface area contributed by atoms with Crippen molar-refractivity contribution in [3.05, 3.63) is 240 Å². The summed E-state index contributed by atoms with van der Waals surface area (Å²) in [4.78, 5) is 66.7. The Morgan fingerprint density at radius 1 is 0.685 bits per heavy atom. The molecule has 0 radical (unpaired) electrons. The van der Waals surface area contributed by atoms with Crippen LogP contribution in [0.25, 0.3) is 82.4 Å². The van der Waals surface area contributed by atoms with E-state index in [1.165, 1.54) is 44.1 Å². The van der Waals surface area contributed by atoms with Crippen molar-refractivity contribution >= 4 is 107 Å². The van der Waals surface area contributed by atoms with Gasteiger partial charge < -0.3 is 30.1 Å². The quantitative estimate of drug-likeness (QED) is 0.0473. The van der Waals surface area contributed by atoms with Crippen molar-refractivity contribution < 1.29 is 59.3 Å². The molecule has 0 aliphatic carbocycles. The van der Waals surface area contributed by atoms with Gasteiger partial charge in [-0.05, 0) is 150 Å². The number of aromatic nitrogens is 7. The highest BCUT2D eigenvalue weighted by Crippen LogP contribution is 2.44. The van der Waals surface area contributed by atoms with E-state index in [9.17, 15) is 45.3 Å². The molecule has 6 aromatic carbocycles. The molecule has 2 atom stereocenters. The highest BCUT2D eigenvalue weighted by molar-refractivity contribution is 8.38. The first-order valence-electron chi connectivity index (χ1n) is 36.1. The number of nitrogens with one attached hydrogen (secondary N) is 1. The van der Waals surface area contributed by atoms with E-state index in [0.29, 0.717) is 52.5 Å². The van der Waals surface area contributed by atoms with Crippen LogP contribution in [0.15, 0.2) is 216 Å². The van der Waals surface area contributed by atoms with Gasteiger partial charge in [0, 0.05) is 92.9 Å². The molecule has 2 aliphatic heterocycles. The Morgan fingerprint density at radius 3 is 1.90 bits per heavy atom. The molecule has 2 fully saturated rings. The number of ketones is 1. The summed E-state index contributed by atoms with van der Waals surface area (Å²) in [5.74, 6) is 1.01. The van der Waals surface area contributed by atoms with Crippen LogP contribution < -0.4 is 24.0 Å². The zero-order valence-corrected chi connectivity index (χ0v) is 65.6. The molecule has 2 aliphatic rings. The summed E-state index contributed by atoms with van der Waals surface area (Å²) in [5.41, 5.74) is 17.4. The zero-order chi connectivity index (χ0) is 78.2. The lowest BCUT2D eigenvalue weighted by Gasteiger charge is -2.26. The third-order valence-corrected chi connectivity index (χ3v) is 24.1. The molecule has 2 saturated heterocycles. The SMILES string of the molecule is CCCCS(=O)c1sc2nc(-c3cccs3)cc(-c3ccccc3)c2c1N.COc1ccc(-c2cc(C(F)(F)F)[n+]3[nH]c(C(=O)N4CCCCC4)cc3n2)cc1.COc1ccc(CO)cc1N(CC(=O)Cc1cccnc1)S(=O)(=O)P.O=C(c1ccc2nc(-c3ccccc3)c(-c3ccccc3)nc2c1)N1CCCCC1. The number of benzene rings is 6. The molecule has 15 rings (SSSR count). The Labute approximate surface area is 653 Å². The summed E-state index contributed by atoms with van der Waals surface area (Å²) in [5, 5.41) is 14.9. The monoisotopic (exact) mass is 1590 g/mol. The molecule has 0 saturated carbocycles. The predicted octanol–water partition coefficient (Wildman–Crippen LogP) is 16.6. The van der Waals surface area contributed by atoms with Crippen LogP contribution in [0.1, 0.15) is 96.0 Å². The largest absolute Gasteiger partial charge is 0.497 e. The summed E-state index contributed by atoms with van der Waals surface area (Å²) >= 11 is 3.14. The normalized spacial score (nSPS) is 13.3. The van der Waals surface area contributed by atoms with Crippen molar-refractivity contribution in [2.45, 2.75) is 81.7 Å². The molecular formula is C83H82F3N11O9PS4+. The van der Waals surface area contributed by atoms with Gasteiger partial charge in [-0.25, -0.2) is 28.5 Å². The lowest BCUT2D eigenvalue weighted by atomic mass is 10.0. The maximum Gasteiger partial charge on any atom is 0.456 e. The fourth-order valence-electron chi connectivity index (χ4n) is 12.9. The summed E-state index contributed by atoms with van der Waals surface area (Å²) < 4.78 is 91.1. The van der Waals surface area contributed by atoms with Gasteiger partial charge in [0.2, 0.25) is 15.3 Å². The van der Waals surface area contributed by atoms with Crippen LogP contribution in [0.5, 0.6) is 11.5 Å². The molecule has 20 nitrogen and oxygen atoms in total. The average Bonchev–Trinajstić information content (AvgIpc) is 1.68. The number of aliphatic hydroxyl groups excluding tert-OH is 1. The van der Waals surface area contributed by atoms with Crippen LogP contribution in [-0.4, -0.2) is 128 Å². The summed E-state index contributed by atoms with van der Waals surface area (Å²) in [7, 11) is -0.239. The number of amides is 2. The van der Waals surface area contributed by atoms with E-state index in [2.05, 4.69) is 63.8 Å². The number of nitrogens with two attached hydrogens (primary N) is 1. The second kappa shape index (κ2) is 36.9. The summed E-state index contributed by atoms with van der Waals surface area (Å²) in [6, 6.07) is 59.4. The number of H-pyrrole nitrogens is 1. The van der Waals surface area contributed by atoms with Crippen LogP contribution in [0, 0.1) is 0 Å². The van der Waals surface area contributed by atoms with E-state index in [4.69, 9.17) is 30.2 Å². The number of nitrogens with zero attached hydrogens (tertiary/aromatic N) is 9. The molecule has 2 unspecified atom stereocenters. The van der Waals surface area contributed by atoms with E-state index in [1.54, 1.807) is 85.6 Å². The van der Waals surface area contributed by atoms with Gasteiger partial charge in [0.1, 0.15) is 26.2 Å². The molecule has 9 heterocycles. The third kappa shape index (κ3) is 19.7. The summed E-state index contributed by atoms with van der Waals surface area (Å²) in [6.07, 6.45) is 6.76. The fraction of sp³-hybridized carbons (Fsp3) is 0.241. The van der Waals surface area contributed by atoms with Crippen molar-refractivity contribution in [3.63, 3.8) is 0 Å². The molecule has 0 spiro atoms. The van der Waals surface area contributed by atoms with Crippen LogP contribution in [0.2, 0.25) is 0 Å². The maximum absolute atomic E-state index is 13.7. The van der Waals surface area contributed by atoms with Crippen molar-refractivity contribution in [3.8, 4) is 67.0 Å². The first-order valence-corrected chi connectivity index (χ1v) is 42.0. The number of ether oxygens (including phenoxy) is 2. The van der Waals surface area contributed by atoms with Crippen LogP contribution in [-0.2, 0) is 44.4 Å². The third-order valence-electron chi connectivity index (χ3n) is 18.5. The van der Waals surface area contributed by atoms with Gasteiger partial charge in [-0.3, -0.25) is 27.9 Å². The number of hydrogen-bond acceptors (Lipinski definition) is 17. The van der Waals surface area contributed by atoms with Gasteiger partial charge in [0.25, 0.3) is 11.8 Å². The maximum atomic E-state index is 13.7. The van der Waals surface area contributed by atoms with Crippen molar-refractivity contribution in [2.24, 2.45) is 0 Å². The number of unbranched alkanes of at least 4 members (excludes halogenated alkanes) is 1. The number of fused-ring (bicyclic) bond motifs is 3. The van der Waals surface area contributed by atoms with E-state index in [1.807, 2.05) is 95.9 Å². The van der Waals surface area contributed by atoms with Crippen LogP contribution in [0.4, 0.5) is 24.5 Å². The number of thiophene rings is 2. The molecule has 7 aromatic heterocycles. The number of carbonyl (C=O) groups excluding carboxylic acids is 3. The minimum Gasteiger partial charge on any atom is -0.497 e. The highest BCUT2D eigenvalue weighted by atomic mass is 32.7. The number of methoxy groups -OCH3 is 2. The number of likely N-dealkylation sites (tertiary alicyclic amines) is 2. The smallest absolute Gasteiger partial charge is 0.456 e. The molecule has 28 heteroatoms. The van der Waals surface area contributed by atoms with Gasteiger partial charge in [0.05, 0.1) is 88.6 Å². The van der Waals surface area contributed by atoms with Crippen LogP contribution in [0.3, 0.4) is 0 Å². The minimum atomic E-state index is -4.62. The first kappa shape index (κ1) is 79.9. The van der Waals surface area contributed by atoms with Crippen molar-refractivity contribution in [1.29, 1.82) is 0 Å². The number of halogens is 3. The molecule has 13 aromatic rings. The molecular weight excluding hydrogens is 1510 g/mol. The average molecular weight is 1590 g/mol. The lowest BCUT2D eigenvalue weighted by molar-refractivity contribution is -0.604. The molecule has 111 heavy (non-hydrogen) atoms. The highest BCUT2D eigenvalue weighted by Gasteiger charge is 2.41. The predicted molar refractivity (Wildman–Crippen MR) is 435 cm³/mol. The van der Waals surface area contributed by atoms with E-state index < -0.39 is 32.3 Å². The van der Waals surface area contributed by atoms with Crippen molar-refractivity contribution in [2.75, 3.05) is 62.7 Å². The Balaban J connectivity index is 0.000000138. The van der Waals surface area contributed by atoms with E-state index in [-0.39, 0.29) is 65.6 Å². The number of piperidine rings is 2. The number of rotatable bonds is 20. The van der Waals surface area contributed by atoms with Gasteiger partial charge >= 0.3 is 11.8 Å². The topological polar surface area (TPSA) is 261 Å². The van der Waals surface area contributed by atoms with Crippen molar-refractivity contribution in [1.82, 2.24) is 39.8 Å². The van der Waals surface area contributed by atoms with Gasteiger partial charge in [-0.15, -0.1) is 27.2 Å². The molecule has 2 amide bonds. The number of anilines is 2. The minimum absolute atomic E-state index is 0.0333. The van der Waals surface area contributed by atoms with Gasteiger partial charge in [0.15, 0.2) is 11.5 Å². The second-order valence-corrected chi connectivity index (χ2v) is 33.2. The van der Waals surface area contributed by atoms with Gasteiger partial charge in [-0.1, -0.05) is 123 Å². The Kier molecular flexibility index (Phi) is 26.6. The number of aliphatic hydroxyl groups is 1. The van der Waals surface area contributed by atoms with E-state index in [0.717, 1.165) is 143 Å². The number of aromatic amines is 1. The molecule has 572 valence electrons. The standard InChI is InChI=1S/C26H23N3O.C21H20N2OS3.C20H19F3N4O2.C16H19N2O5PS/c30-26(29-16-8-3-9-17-29)21-14-15-22-23(18-21)28-25(20-12-6-2-7-13-20)24(27-22)19-10-4-1-5-11-19;1-2-3-12-27(24)21-19(22)18-15(14-8-5-4-6-9-14)13-16(23-20(18)26-21)17-10-7-11-25-17;1-29-14-7-5-13(6-8-14)15-11-17(20(21,22)23)27-18(24-15)12-16(25-27)19(28)26-9-3-2-4-10-26;1-23-16-5-4-13(11-19)8-15(16)18(25(21,22)24)10-14(20)7-12-3-2-6-17-9-12/h1-2,4-7,10-15,18H,3,8-9,16-17H2;4-11,13H,2-3,12,22H2,1H3;5-8,11-12H,2-4,9-10H2,1H3;2-6,8-9,19H,7,10-11,24H2,1H3/p+1. The van der Waals surface area contributed by atoms with E-state index >= 15 is 0 Å². The van der Waals surface area contributed by atoms with Crippen LogP contribution >= 0.6 is 31.1 Å². The second-order valence-electron chi connectivity index (χ2n) is 26.3. The zero-order valence-electron chi connectivity index (χ0n) is 61.2.